The third-order valence-corrected chi connectivity index (χ3v) is 6.61. The molecule has 2 aliphatic rings. The number of rotatable bonds is 6. The maximum atomic E-state index is 12.4. The van der Waals surface area contributed by atoms with Crippen molar-refractivity contribution < 1.29 is 40.7 Å². The normalized spacial score (nSPS) is 16.7. The van der Waals surface area contributed by atoms with Gasteiger partial charge in [-0.15, -0.1) is 0 Å². The van der Waals surface area contributed by atoms with E-state index in [0.29, 0.717) is 32.8 Å². The van der Waals surface area contributed by atoms with Crippen LogP contribution in [0.25, 0.3) is 0 Å². The monoisotopic (exact) mass is 544 g/mol. The first-order chi connectivity index (χ1) is 17.5. The van der Waals surface area contributed by atoms with Gasteiger partial charge in [0.2, 0.25) is 11.8 Å². The highest BCUT2D eigenvalue weighted by molar-refractivity contribution is 7.93. The van der Waals surface area contributed by atoms with Gasteiger partial charge in [-0.25, -0.2) is 0 Å². The lowest BCUT2D eigenvalue weighted by molar-refractivity contribution is -0.143. The average molecular weight is 545 g/mol. The second-order valence-electron chi connectivity index (χ2n) is 8.14. The van der Waals surface area contributed by atoms with Gasteiger partial charge < -0.3 is 25.0 Å². The van der Waals surface area contributed by atoms with Crippen LogP contribution in [-0.4, -0.2) is 75.1 Å². The van der Waals surface area contributed by atoms with Crippen LogP contribution in [0.15, 0.2) is 48.5 Å². The van der Waals surface area contributed by atoms with Crippen molar-refractivity contribution >= 4 is 33.2 Å². The Hall–Kier alpha value is -3.36. The molecule has 14 heteroatoms. The number of amides is 2. The maximum Gasteiger partial charge on any atom is 0.516 e. The van der Waals surface area contributed by atoms with Crippen LogP contribution in [0.4, 0.5) is 24.5 Å². The Bertz CT molecular complexity index is 1210. The van der Waals surface area contributed by atoms with Crippen molar-refractivity contribution in [3.8, 4) is 0 Å². The van der Waals surface area contributed by atoms with E-state index in [1.54, 1.807) is 11.0 Å². The Kier molecular flexibility index (Phi) is 9.34. The number of hydrogen-bond donors (Lipinski definition) is 2. The highest BCUT2D eigenvalue weighted by Gasteiger charge is 2.46. The summed E-state index contributed by atoms with van der Waals surface area (Å²) in [4.78, 5) is 26.3. The number of carbonyl (C=O) groups is 2. The van der Waals surface area contributed by atoms with Gasteiger partial charge in [-0.05, 0) is 23.3 Å². The highest BCUT2D eigenvalue weighted by Crippen LogP contribution is 2.27. The van der Waals surface area contributed by atoms with Crippen molar-refractivity contribution in [2.75, 3.05) is 50.0 Å². The molecule has 202 valence electrons. The molecule has 0 aliphatic carbocycles. The Morgan fingerprint density at radius 2 is 1.32 bits per heavy atom. The summed E-state index contributed by atoms with van der Waals surface area (Å²) in [5.74, 6) is -0.274. The van der Waals surface area contributed by atoms with Crippen LogP contribution in [0.5, 0.6) is 0 Å². The van der Waals surface area contributed by atoms with Gasteiger partial charge >= 0.3 is 15.5 Å². The molecule has 0 aromatic heterocycles. The highest BCUT2D eigenvalue weighted by atomic mass is 32.2. The first kappa shape index (κ1) is 28.2. The Balaban J connectivity index is 0.000000220. The number of nitrogen functional groups attached to an aromatic ring is 1. The van der Waals surface area contributed by atoms with Crippen LogP contribution >= 0.6 is 0 Å². The number of morpholine rings is 2. The third-order valence-electron chi connectivity index (χ3n) is 5.51. The van der Waals surface area contributed by atoms with Crippen molar-refractivity contribution in [1.82, 2.24) is 9.80 Å². The molecule has 2 amide bonds. The van der Waals surface area contributed by atoms with Crippen LogP contribution in [0.3, 0.4) is 0 Å². The molecule has 0 bridgehead atoms. The van der Waals surface area contributed by atoms with Crippen molar-refractivity contribution in [2.45, 2.75) is 18.6 Å². The van der Waals surface area contributed by atoms with Gasteiger partial charge in [-0.2, -0.15) is 21.6 Å². The smallest absolute Gasteiger partial charge is 0.398 e. The molecule has 0 spiro atoms. The van der Waals surface area contributed by atoms with E-state index in [1.807, 2.05) is 24.3 Å². The zero-order chi connectivity index (χ0) is 27.1. The van der Waals surface area contributed by atoms with Gasteiger partial charge in [0.1, 0.15) is 13.2 Å². The molecule has 2 heterocycles. The number of anilines is 2. The van der Waals surface area contributed by atoms with Crippen molar-refractivity contribution in [2.24, 2.45) is 0 Å². The molecule has 4 rings (SSSR count). The van der Waals surface area contributed by atoms with Gasteiger partial charge in [0.15, 0.2) is 0 Å². The molecule has 2 aromatic rings. The molecular weight excluding hydrogens is 517 g/mol. The van der Waals surface area contributed by atoms with E-state index in [-0.39, 0.29) is 42.8 Å². The fourth-order valence-corrected chi connectivity index (χ4v) is 4.09. The number of hydrogen-bond acceptors (Lipinski definition) is 7. The lowest BCUT2D eigenvalue weighted by atomic mass is 10.1. The Morgan fingerprint density at radius 1 is 0.838 bits per heavy atom. The molecule has 0 radical (unpaired) electrons. The van der Waals surface area contributed by atoms with Crippen molar-refractivity contribution in [3.05, 3.63) is 59.7 Å². The fourth-order valence-electron chi connectivity index (χ4n) is 3.48. The fraction of sp³-hybridized carbons (Fsp3) is 0.391. The summed E-state index contributed by atoms with van der Waals surface area (Å²) in [6, 6.07) is 13.2. The molecule has 37 heavy (non-hydrogen) atoms. The number of para-hydroxylation sites is 2. The number of alkyl halides is 3. The average Bonchev–Trinajstić information content (AvgIpc) is 2.84. The molecule has 2 aromatic carbocycles. The number of ether oxygens (including phenoxy) is 2. The Labute approximate surface area is 212 Å². The summed E-state index contributed by atoms with van der Waals surface area (Å²) < 4.78 is 71.2. The molecule has 2 aliphatic heterocycles. The second-order valence-corrected chi connectivity index (χ2v) is 9.82. The lowest BCUT2D eigenvalue weighted by Crippen LogP contribution is -2.41. The van der Waals surface area contributed by atoms with Crippen LogP contribution in [0.2, 0.25) is 0 Å². The standard InChI is InChI=1S/C12H13F3N2O4S.C11H14N2O2/c13-12(14,15)22(19,20)16-10-4-2-1-3-9(10)7-17-5-6-21-8-11(17)18;12-10-4-2-1-3-9(10)7-13-5-6-15-8-11(13)14/h1-4,16H,5-8H2;1-4H,5-8,12H2. The zero-order valence-corrected chi connectivity index (χ0v) is 20.6. The number of nitrogens with one attached hydrogen (secondary N) is 1. The number of carbonyl (C=O) groups excluding carboxylic acids is 2. The van der Waals surface area contributed by atoms with Crippen molar-refractivity contribution in [1.29, 1.82) is 0 Å². The molecule has 0 saturated carbocycles. The van der Waals surface area contributed by atoms with E-state index >= 15 is 0 Å². The van der Waals surface area contributed by atoms with Crippen molar-refractivity contribution in [3.63, 3.8) is 0 Å². The van der Waals surface area contributed by atoms with E-state index in [9.17, 15) is 31.2 Å². The van der Waals surface area contributed by atoms with E-state index < -0.39 is 15.5 Å². The van der Waals surface area contributed by atoms with Gasteiger partial charge in [-0.3, -0.25) is 14.3 Å². The number of benzene rings is 2. The minimum Gasteiger partial charge on any atom is -0.398 e. The summed E-state index contributed by atoms with van der Waals surface area (Å²) in [5.41, 5.74) is 2.19. The molecule has 0 unspecified atom stereocenters. The minimum absolute atomic E-state index is 0.00125. The van der Waals surface area contributed by atoms with Crippen LogP contribution < -0.4 is 10.5 Å². The number of sulfonamides is 1. The topological polar surface area (TPSA) is 131 Å². The summed E-state index contributed by atoms with van der Waals surface area (Å²) in [7, 11) is -5.51. The summed E-state index contributed by atoms with van der Waals surface area (Å²) in [5, 5.41) is 0. The Morgan fingerprint density at radius 3 is 1.84 bits per heavy atom. The molecule has 0 atom stereocenters. The molecule has 10 nitrogen and oxygen atoms in total. The minimum atomic E-state index is -5.51. The first-order valence-corrected chi connectivity index (χ1v) is 12.7. The van der Waals surface area contributed by atoms with E-state index in [4.69, 9.17) is 15.2 Å². The second kappa shape index (κ2) is 12.3. The lowest BCUT2D eigenvalue weighted by Gasteiger charge is -2.27. The predicted octanol–water partition coefficient (Wildman–Crippen LogP) is 1.93. The molecule has 2 fully saturated rings. The third kappa shape index (κ3) is 7.81. The SMILES string of the molecule is Nc1ccccc1CN1CCOCC1=O.O=C1COCCN1Cc1ccccc1NS(=O)(=O)C(F)(F)F. The number of nitrogens with zero attached hydrogens (tertiary/aromatic N) is 2. The van der Waals surface area contributed by atoms with E-state index in [2.05, 4.69) is 0 Å². The summed E-state index contributed by atoms with van der Waals surface area (Å²) in [6.07, 6.45) is 0. The van der Waals surface area contributed by atoms with Crippen LogP contribution in [-0.2, 0) is 42.2 Å². The number of halogens is 3. The van der Waals surface area contributed by atoms with Gasteiger partial charge in [0.25, 0.3) is 0 Å². The van der Waals surface area contributed by atoms with Gasteiger partial charge in [0.05, 0.1) is 18.9 Å². The van der Waals surface area contributed by atoms with Gasteiger partial charge in [-0.1, -0.05) is 36.4 Å². The van der Waals surface area contributed by atoms with E-state index in [1.165, 1.54) is 27.8 Å². The first-order valence-electron chi connectivity index (χ1n) is 11.2. The number of nitrogens with two attached hydrogens (primary N) is 1. The largest absolute Gasteiger partial charge is 0.516 e. The van der Waals surface area contributed by atoms with Crippen LogP contribution in [0.1, 0.15) is 11.1 Å². The summed E-state index contributed by atoms with van der Waals surface area (Å²) >= 11 is 0. The molecular formula is C23H27F3N4O6S. The van der Waals surface area contributed by atoms with E-state index in [0.717, 1.165) is 11.3 Å². The van der Waals surface area contributed by atoms with Gasteiger partial charge in [0, 0.05) is 31.9 Å². The molecule has 2 saturated heterocycles. The maximum absolute atomic E-state index is 12.4. The predicted molar refractivity (Wildman–Crippen MR) is 128 cm³/mol. The quantitative estimate of drug-likeness (QED) is 0.532. The summed E-state index contributed by atoms with van der Waals surface area (Å²) in [6.45, 7) is 2.53. The zero-order valence-electron chi connectivity index (χ0n) is 19.7. The molecule has 3 N–H and O–H groups in total. The van der Waals surface area contributed by atoms with Crippen LogP contribution in [0, 0.1) is 0 Å².